The van der Waals surface area contributed by atoms with Crippen LogP contribution in [0.1, 0.15) is 12.8 Å². The molecule has 1 aliphatic carbocycles. The minimum absolute atomic E-state index is 0.0124. The third-order valence-corrected chi connectivity index (χ3v) is 9.01. The van der Waals surface area contributed by atoms with Gasteiger partial charge in [-0.05, 0) is 37.8 Å². The molecule has 166 valence electrons. The van der Waals surface area contributed by atoms with E-state index in [9.17, 15) is 8.42 Å². The van der Waals surface area contributed by atoms with Crippen molar-refractivity contribution in [2.75, 3.05) is 62.8 Å². The van der Waals surface area contributed by atoms with Crippen LogP contribution in [-0.2, 0) is 10.0 Å². The van der Waals surface area contributed by atoms with E-state index in [1.54, 1.807) is 4.31 Å². The Morgan fingerprint density at radius 1 is 1.13 bits per heavy atom. The first-order chi connectivity index (χ1) is 14.8. The van der Waals surface area contributed by atoms with Gasteiger partial charge in [-0.25, -0.2) is 27.7 Å². The highest BCUT2D eigenvalue weighted by Gasteiger charge is 2.55. The number of rotatable bonds is 4. The van der Waals surface area contributed by atoms with Crippen LogP contribution in [-0.4, -0.2) is 91.2 Å². The predicted molar refractivity (Wildman–Crippen MR) is 120 cm³/mol. The van der Waals surface area contributed by atoms with Crippen molar-refractivity contribution in [2.24, 2.45) is 17.3 Å². The summed E-state index contributed by atoms with van der Waals surface area (Å²) in [5.74, 6) is 2.97. The lowest BCUT2D eigenvalue weighted by Gasteiger charge is -2.25. The van der Waals surface area contributed by atoms with Gasteiger partial charge in [-0.15, -0.1) is 0 Å². The lowest BCUT2D eigenvalue weighted by Crippen LogP contribution is -2.33. The number of nitrogens with zero attached hydrogens (tertiary/aromatic N) is 6. The summed E-state index contributed by atoms with van der Waals surface area (Å²) in [6.45, 7) is 5.19. The Balaban J connectivity index is 1.23. The average Bonchev–Trinajstić information content (AvgIpc) is 3.18. The lowest BCUT2D eigenvalue weighted by atomic mass is 9.87. The molecule has 1 saturated carbocycles. The molecule has 1 N–H and O–H groups in total. The molecule has 1 spiro atoms. The van der Waals surface area contributed by atoms with Gasteiger partial charge in [0.05, 0.1) is 6.26 Å². The van der Waals surface area contributed by atoms with Gasteiger partial charge in [0.1, 0.15) is 5.52 Å². The zero-order valence-corrected chi connectivity index (χ0v) is 18.8. The predicted octanol–water partition coefficient (Wildman–Crippen LogP) is 0.859. The number of hydrogen-bond donors (Lipinski definition) is 1. The summed E-state index contributed by atoms with van der Waals surface area (Å²) in [4.78, 5) is 18.8. The van der Waals surface area contributed by atoms with Crippen molar-refractivity contribution in [3.8, 4) is 0 Å². The van der Waals surface area contributed by atoms with Gasteiger partial charge in [0.2, 0.25) is 16.0 Å². The van der Waals surface area contributed by atoms with Crippen molar-refractivity contribution < 1.29 is 8.42 Å². The Morgan fingerprint density at radius 3 is 2.65 bits per heavy atom. The topological polar surface area (TPSA) is 94.6 Å². The fraction of sp³-hybridized carbons (Fsp3) is 0.667. The molecule has 0 bridgehead atoms. The molecule has 2 aromatic heterocycles. The highest BCUT2D eigenvalue weighted by molar-refractivity contribution is 7.88. The van der Waals surface area contributed by atoms with E-state index in [4.69, 9.17) is 4.98 Å². The number of piperidine rings is 1. The third-order valence-electron chi connectivity index (χ3n) is 7.76. The molecule has 0 radical (unpaired) electrons. The number of sulfonamides is 1. The van der Waals surface area contributed by atoms with Crippen molar-refractivity contribution >= 4 is 32.7 Å². The van der Waals surface area contributed by atoms with Crippen molar-refractivity contribution in [1.82, 2.24) is 24.2 Å². The monoisotopic (exact) mass is 443 g/mol. The molecule has 10 heteroatoms. The summed E-state index contributed by atoms with van der Waals surface area (Å²) in [5, 5.41) is 4.53. The number of hydrogen-bond acceptors (Lipinski definition) is 8. The molecule has 0 amide bonds. The zero-order valence-electron chi connectivity index (χ0n) is 18.0. The standard InChI is InChI=1S/C21H29N7O2S/c1-26-10-15-16(11-26)18(15)25-20-23-9-14-3-6-22-19(17(14)24-20)27-7-4-21(12-27)5-8-28(13-21)31(2,29)30/h3,6,9,15-16,18H,4-5,7-8,10-13H2,1-2H3,(H,23,24,25)/t15-,16+,18?,21?. The second-order valence-corrected chi connectivity index (χ2v) is 12.0. The molecule has 3 saturated heterocycles. The summed E-state index contributed by atoms with van der Waals surface area (Å²) in [5.41, 5.74) is 0.886. The van der Waals surface area contributed by atoms with Gasteiger partial charge in [-0.3, -0.25) is 0 Å². The second-order valence-electron chi connectivity index (χ2n) is 10.0. The lowest BCUT2D eigenvalue weighted by molar-refractivity contribution is 0.342. The molecule has 5 heterocycles. The molecule has 4 fully saturated rings. The molecule has 2 aromatic rings. The molecular formula is C21H29N7O2S. The van der Waals surface area contributed by atoms with Crippen LogP contribution in [0, 0.1) is 17.3 Å². The van der Waals surface area contributed by atoms with Gasteiger partial charge in [-0.1, -0.05) is 0 Å². The van der Waals surface area contributed by atoms with Crippen LogP contribution in [0.25, 0.3) is 10.9 Å². The van der Waals surface area contributed by atoms with Crippen LogP contribution >= 0.6 is 0 Å². The minimum Gasteiger partial charge on any atom is -0.354 e. The summed E-state index contributed by atoms with van der Waals surface area (Å²) in [7, 11) is -0.960. The maximum atomic E-state index is 12.0. The molecule has 4 aliphatic rings. The Morgan fingerprint density at radius 2 is 1.90 bits per heavy atom. The van der Waals surface area contributed by atoms with Crippen LogP contribution < -0.4 is 10.2 Å². The number of fused-ring (bicyclic) bond motifs is 2. The van der Waals surface area contributed by atoms with E-state index in [1.165, 1.54) is 6.26 Å². The van der Waals surface area contributed by atoms with E-state index in [-0.39, 0.29) is 5.41 Å². The van der Waals surface area contributed by atoms with E-state index in [0.717, 1.165) is 55.7 Å². The van der Waals surface area contributed by atoms with E-state index < -0.39 is 10.0 Å². The third kappa shape index (κ3) is 3.35. The second kappa shape index (κ2) is 6.73. The molecule has 3 aliphatic heterocycles. The average molecular weight is 444 g/mol. The molecule has 0 aromatic carbocycles. The SMILES string of the molecule is CN1C[C@@H]2C(Nc3ncc4ccnc(N5CCC6(CCN(S(C)(=O)=O)C6)C5)c4n3)[C@@H]2C1. The summed E-state index contributed by atoms with van der Waals surface area (Å²) in [6.07, 6.45) is 6.89. The quantitative estimate of drug-likeness (QED) is 0.744. The first kappa shape index (κ1) is 19.6. The summed E-state index contributed by atoms with van der Waals surface area (Å²) in [6, 6.07) is 2.43. The molecular weight excluding hydrogens is 414 g/mol. The van der Waals surface area contributed by atoms with Gasteiger partial charge in [0.25, 0.3) is 0 Å². The maximum absolute atomic E-state index is 12.0. The van der Waals surface area contributed by atoms with E-state index in [0.29, 0.717) is 36.9 Å². The van der Waals surface area contributed by atoms with Gasteiger partial charge in [-0.2, -0.15) is 0 Å². The normalized spacial score (nSPS) is 33.5. The van der Waals surface area contributed by atoms with Crippen LogP contribution in [0.2, 0.25) is 0 Å². The number of pyridine rings is 1. The van der Waals surface area contributed by atoms with Crippen molar-refractivity contribution in [2.45, 2.75) is 18.9 Å². The van der Waals surface area contributed by atoms with Crippen molar-refractivity contribution in [3.63, 3.8) is 0 Å². The van der Waals surface area contributed by atoms with Crippen molar-refractivity contribution in [3.05, 3.63) is 18.5 Å². The summed E-state index contributed by atoms with van der Waals surface area (Å²) >= 11 is 0. The van der Waals surface area contributed by atoms with Crippen LogP contribution in [0.4, 0.5) is 11.8 Å². The Labute approximate surface area is 182 Å². The first-order valence-electron chi connectivity index (χ1n) is 11.1. The van der Waals surface area contributed by atoms with E-state index in [2.05, 4.69) is 32.1 Å². The highest BCUT2D eigenvalue weighted by atomic mass is 32.2. The number of anilines is 2. The van der Waals surface area contributed by atoms with E-state index in [1.807, 2.05) is 18.5 Å². The molecule has 2 unspecified atom stereocenters. The van der Waals surface area contributed by atoms with Crippen LogP contribution in [0.3, 0.4) is 0 Å². The van der Waals surface area contributed by atoms with Gasteiger partial charge < -0.3 is 15.1 Å². The van der Waals surface area contributed by atoms with Crippen LogP contribution in [0.15, 0.2) is 18.5 Å². The maximum Gasteiger partial charge on any atom is 0.223 e. The molecule has 31 heavy (non-hydrogen) atoms. The number of likely N-dealkylation sites (tertiary alicyclic amines) is 1. The van der Waals surface area contributed by atoms with E-state index >= 15 is 0 Å². The zero-order chi connectivity index (χ0) is 21.4. The summed E-state index contributed by atoms with van der Waals surface area (Å²) < 4.78 is 25.6. The van der Waals surface area contributed by atoms with Crippen molar-refractivity contribution in [1.29, 1.82) is 0 Å². The fourth-order valence-corrected chi connectivity index (χ4v) is 6.90. The highest BCUT2D eigenvalue weighted by Crippen LogP contribution is 2.46. The Hall–Kier alpha value is -2.04. The fourth-order valence-electron chi connectivity index (χ4n) is 5.97. The minimum atomic E-state index is -3.14. The molecule has 4 atom stereocenters. The first-order valence-corrected chi connectivity index (χ1v) is 12.9. The molecule has 6 rings (SSSR count). The largest absolute Gasteiger partial charge is 0.354 e. The Bertz CT molecular complexity index is 1130. The van der Waals surface area contributed by atoms with Gasteiger partial charge >= 0.3 is 0 Å². The van der Waals surface area contributed by atoms with Crippen LogP contribution in [0.5, 0.6) is 0 Å². The smallest absolute Gasteiger partial charge is 0.223 e. The number of aromatic nitrogens is 3. The number of nitrogens with one attached hydrogen (secondary N) is 1. The van der Waals surface area contributed by atoms with Gasteiger partial charge in [0, 0.05) is 68.5 Å². The molecule has 9 nitrogen and oxygen atoms in total. The van der Waals surface area contributed by atoms with Gasteiger partial charge in [0.15, 0.2) is 5.82 Å². The Kier molecular flexibility index (Phi) is 4.26.